The highest BCUT2D eigenvalue weighted by Gasteiger charge is 2.30. The Labute approximate surface area is 102 Å². The summed E-state index contributed by atoms with van der Waals surface area (Å²) < 4.78 is 0. The molecule has 0 bridgehead atoms. The van der Waals surface area contributed by atoms with Gasteiger partial charge >= 0.3 is 0 Å². The predicted octanol–water partition coefficient (Wildman–Crippen LogP) is -1.79. The summed E-state index contributed by atoms with van der Waals surface area (Å²) in [6.07, 6.45) is 2.55. The van der Waals surface area contributed by atoms with Crippen molar-refractivity contribution in [1.82, 2.24) is 9.80 Å². The first-order chi connectivity index (χ1) is 8.20. The fourth-order valence-electron chi connectivity index (χ4n) is 2.62. The molecule has 0 aliphatic carbocycles. The van der Waals surface area contributed by atoms with E-state index in [0.29, 0.717) is 5.91 Å². The Morgan fingerprint density at radius 2 is 1.76 bits per heavy atom. The number of rotatable bonds is 2. The minimum atomic E-state index is 0.143. The van der Waals surface area contributed by atoms with Gasteiger partial charge in [-0.05, 0) is 12.8 Å². The first-order valence-electron chi connectivity index (χ1n) is 6.50. The summed E-state index contributed by atoms with van der Waals surface area (Å²) >= 11 is 0. The van der Waals surface area contributed by atoms with E-state index in [0.717, 1.165) is 58.5 Å². The number of piperidine rings is 1. The summed E-state index contributed by atoms with van der Waals surface area (Å²) in [5.74, 6) is 0.452. The zero-order valence-electron chi connectivity index (χ0n) is 10.5. The van der Waals surface area contributed by atoms with Gasteiger partial charge in [-0.1, -0.05) is 0 Å². The molecular formula is C12H22N3O2+. The van der Waals surface area contributed by atoms with Crippen LogP contribution in [-0.4, -0.2) is 68.4 Å². The van der Waals surface area contributed by atoms with Crippen LogP contribution in [-0.2, 0) is 9.59 Å². The number of nitrogens with zero attached hydrogens (tertiary/aromatic N) is 2. The van der Waals surface area contributed by atoms with E-state index in [9.17, 15) is 9.59 Å². The van der Waals surface area contributed by atoms with Crippen molar-refractivity contribution in [1.29, 1.82) is 0 Å². The number of nitrogens with one attached hydrogen (secondary N) is 1. The first kappa shape index (κ1) is 12.4. The molecule has 2 fully saturated rings. The molecule has 0 radical (unpaired) electrons. The number of hydrogen-bond acceptors (Lipinski definition) is 2. The van der Waals surface area contributed by atoms with E-state index in [-0.39, 0.29) is 5.92 Å². The Bertz CT molecular complexity index is 279. The molecule has 2 aliphatic heterocycles. The summed E-state index contributed by atoms with van der Waals surface area (Å²) in [7, 11) is 2.17. The number of carbonyl (C=O) groups excluding carboxylic acids is 2. The molecular weight excluding hydrogens is 218 g/mol. The van der Waals surface area contributed by atoms with E-state index in [1.807, 2.05) is 4.90 Å². The van der Waals surface area contributed by atoms with Crippen LogP contribution in [0.3, 0.4) is 0 Å². The lowest BCUT2D eigenvalue weighted by molar-refractivity contribution is -0.883. The number of hydrogen-bond donors (Lipinski definition) is 1. The largest absolute Gasteiger partial charge is 0.345 e. The maximum Gasteiger partial charge on any atom is 0.226 e. The van der Waals surface area contributed by atoms with Gasteiger partial charge < -0.3 is 14.7 Å². The molecule has 96 valence electrons. The average molecular weight is 240 g/mol. The SMILES string of the molecule is C[NH+]1CCN(C(=O)C2CCN(C=O)CC2)CC1. The van der Waals surface area contributed by atoms with E-state index in [1.54, 1.807) is 4.90 Å². The smallest absolute Gasteiger partial charge is 0.226 e. The van der Waals surface area contributed by atoms with Crippen molar-refractivity contribution >= 4 is 12.3 Å². The fraction of sp³-hybridized carbons (Fsp3) is 0.833. The van der Waals surface area contributed by atoms with Gasteiger partial charge in [-0.25, -0.2) is 0 Å². The molecule has 0 saturated carbocycles. The normalized spacial score (nSPS) is 23.8. The van der Waals surface area contributed by atoms with Gasteiger partial charge in [-0.3, -0.25) is 9.59 Å². The zero-order valence-corrected chi connectivity index (χ0v) is 10.5. The van der Waals surface area contributed by atoms with Gasteiger partial charge in [-0.2, -0.15) is 0 Å². The van der Waals surface area contributed by atoms with Crippen LogP contribution in [0.1, 0.15) is 12.8 Å². The predicted molar refractivity (Wildman–Crippen MR) is 63.6 cm³/mol. The van der Waals surface area contributed by atoms with Crippen molar-refractivity contribution in [2.45, 2.75) is 12.8 Å². The summed E-state index contributed by atoms with van der Waals surface area (Å²) in [5.41, 5.74) is 0. The Hall–Kier alpha value is -1.10. The molecule has 5 heteroatoms. The standard InChI is InChI=1S/C12H21N3O2/c1-13-6-8-15(9-7-13)12(17)11-2-4-14(10-16)5-3-11/h10-11H,2-9H2,1H3/p+1. The van der Waals surface area contributed by atoms with Gasteiger partial charge in [-0.15, -0.1) is 0 Å². The molecule has 17 heavy (non-hydrogen) atoms. The zero-order chi connectivity index (χ0) is 12.3. The summed E-state index contributed by atoms with van der Waals surface area (Å²) in [6.45, 7) is 5.35. The highest BCUT2D eigenvalue weighted by Crippen LogP contribution is 2.18. The third kappa shape index (κ3) is 2.97. The molecule has 0 aromatic carbocycles. The van der Waals surface area contributed by atoms with Gasteiger partial charge in [0.05, 0.1) is 33.2 Å². The maximum atomic E-state index is 12.3. The number of likely N-dealkylation sites (tertiary alicyclic amines) is 1. The Kier molecular flexibility index (Phi) is 3.99. The monoisotopic (exact) mass is 240 g/mol. The van der Waals surface area contributed by atoms with E-state index in [1.165, 1.54) is 4.90 Å². The minimum Gasteiger partial charge on any atom is -0.345 e. The number of piperazine rings is 1. The second-order valence-corrected chi connectivity index (χ2v) is 5.20. The lowest BCUT2D eigenvalue weighted by Gasteiger charge is -2.35. The number of amides is 2. The van der Waals surface area contributed by atoms with Gasteiger partial charge in [0.15, 0.2) is 0 Å². The third-order valence-corrected chi connectivity index (χ3v) is 3.96. The topological polar surface area (TPSA) is 45.1 Å². The van der Waals surface area contributed by atoms with E-state index >= 15 is 0 Å². The fourth-order valence-corrected chi connectivity index (χ4v) is 2.62. The van der Waals surface area contributed by atoms with Crippen LogP contribution in [0.4, 0.5) is 0 Å². The minimum absolute atomic E-state index is 0.143. The summed E-state index contributed by atoms with van der Waals surface area (Å²) in [4.78, 5) is 28.1. The molecule has 0 spiro atoms. The Morgan fingerprint density at radius 1 is 1.18 bits per heavy atom. The molecule has 0 unspecified atom stereocenters. The highest BCUT2D eigenvalue weighted by atomic mass is 16.2. The van der Waals surface area contributed by atoms with Gasteiger partial charge in [0.2, 0.25) is 12.3 Å². The van der Waals surface area contributed by atoms with Crippen molar-refractivity contribution < 1.29 is 14.5 Å². The average Bonchev–Trinajstić information content (AvgIpc) is 2.39. The first-order valence-corrected chi connectivity index (χ1v) is 6.50. The molecule has 2 saturated heterocycles. The van der Waals surface area contributed by atoms with E-state index in [2.05, 4.69) is 7.05 Å². The molecule has 5 nitrogen and oxygen atoms in total. The second kappa shape index (κ2) is 5.49. The maximum absolute atomic E-state index is 12.3. The van der Waals surface area contributed by atoms with Gasteiger partial charge in [0, 0.05) is 19.0 Å². The highest BCUT2D eigenvalue weighted by molar-refractivity contribution is 5.79. The molecule has 2 rings (SSSR count). The summed E-state index contributed by atoms with van der Waals surface area (Å²) in [6, 6.07) is 0. The van der Waals surface area contributed by atoms with Crippen molar-refractivity contribution in [2.24, 2.45) is 5.92 Å². The van der Waals surface area contributed by atoms with Crippen molar-refractivity contribution in [3.05, 3.63) is 0 Å². The van der Waals surface area contributed by atoms with E-state index in [4.69, 9.17) is 0 Å². The van der Waals surface area contributed by atoms with Crippen molar-refractivity contribution in [2.75, 3.05) is 46.3 Å². The Balaban J connectivity index is 1.82. The van der Waals surface area contributed by atoms with Crippen LogP contribution >= 0.6 is 0 Å². The van der Waals surface area contributed by atoms with Crippen LogP contribution in [0.5, 0.6) is 0 Å². The van der Waals surface area contributed by atoms with Gasteiger partial charge in [0.1, 0.15) is 0 Å². The van der Waals surface area contributed by atoms with E-state index < -0.39 is 0 Å². The molecule has 2 heterocycles. The quantitative estimate of drug-likeness (QED) is 0.580. The third-order valence-electron chi connectivity index (χ3n) is 3.96. The number of quaternary nitrogens is 1. The van der Waals surface area contributed by atoms with Crippen molar-refractivity contribution in [3.8, 4) is 0 Å². The molecule has 2 amide bonds. The van der Waals surface area contributed by atoms with Crippen LogP contribution in [0.2, 0.25) is 0 Å². The summed E-state index contributed by atoms with van der Waals surface area (Å²) in [5, 5.41) is 0. The second-order valence-electron chi connectivity index (χ2n) is 5.20. The molecule has 0 atom stereocenters. The van der Waals surface area contributed by atoms with Gasteiger partial charge in [0.25, 0.3) is 0 Å². The number of likely N-dealkylation sites (N-methyl/N-ethyl adjacent to an activating group) is 1. The lowest BCUT2D eigenvalue weighted by Crippen LogP contribution is -3.12. The van der Waals surface area contributed by atoms with Crippen molar-refractivity contribution in [3.63, 3.8) is 0 Å². The molecule has 0 aromatic heterocycles. The Morgan fingerprint density at radius 3 is 2.29 bits per heavy atom. The van der Waals surface area contributed by atoms with Crippen LogP contribution in [0, 0.1) is 5.92 Å². The molecule has 0 aromatic rings. The van der Waals surface area contributed by atoms with Crippen LogP contribution in [0.25, 0.3) is 0 Å². The van der Waals surface area contributed by atoms with Crippen LogP contribution < -0.4 is 4.90 Å². The molecule has 2 aliphatic rings. The molecule has 1 N–H and O–H groups in total. The van der Waals surface area contributed by atoms with Crippen LogP contribution in [0.15, 0.2) is 0 Å². The lowest BCUT2D eigenvalue weighted by atomic mass is 9.95. The number of carbonyl (C=O) groups is 2.